The van der Waals surface area contributed by atoms with E-state index in [1.54, 1.807) is 0 Å². The Morgan fingerprint density at radius 1 is 1.00 bits per heavy atom. The first-order chi connectivity index (χ1) is 8.34. The lowest BCUT2D eigenvalue weighted by molar-refractivity contribution is 1.25. The lowest BCUT2D eigenvalue weighted by Crippen LogP contribution is -2.07. The number of aryl methyl sites for hydroxylation is 1. The molecule has 0 atom stereocenters. The van der Waals surface area contributed by atoms with Gasteiger partial charge in [-0.2, -0.15) is 0 Å². The average Bonchev–Trinajstić information content (AvgIpc) is 2.40. The van der Waals surface area contributed by atoms with Crippen LogP contribution in [0.1, 0.15) is 11.1 Å². The van der Waals surface area contributed by atoms with E-state index in [2.05, 4.69) is 49.4 Å². The van der Waals surface area contributed by atoms with E-state index >= 15 is 0 Å². The zero-order valence-electron chi connectivity index (χ0n) is 9.68. The van der Waals surface area contributed by atoms with Gasteiger partial charge < -0.3 is 0 Å². The summed E-state index contributed by atoms with van der Waals surface area (Å²) in [4.78, 5) is 6.10. The molecule has 2 heteroatoms. The molecule has 0 saturated carbocycles. The predicted molar refractivity (Wildman–Crippen MR) is 74.5 cm³/mol. The number of aliphatic imine (C=N–C) groups is 1. The Balaban J connectivity index is 2.07. The number of benzene rings is 2. The Morgan fingerprint density at radius 2 is 1.82 bits per heavy atom. The van der Waals surface area contributed by atoms with Crippen molar-refractivity contribution < 1.29 is 0 Å². The second kappa shape index (κ2) is 4.38. The highest BCUT2D eigenvalue weighted by atomic mass is 32.2. The molecule has 1 nitrogen and oxygen atoms in total. The molecule has 0 bridgehead atoms. The van der Waals surface area contributed by atoms with Crippen molar-refractivity contribution in [2.45, 2.75) is 11.8 Å². The van der Waals surface area contributed by atoms with Gasteiger partial charge in [0.25, 0.3) is 0 Å². The van der Waals surface area contributed by atoms with Crippen molar-refractivity contribution in [1.29, 1.82) is 0 Å². The number of hydrogen-bond donors (Lipinski definition) is 0. The van der Waals surface area contributed by atoms with Crippen LogP contribution in [0.4, 0.5) is 5.69 Å². The topological polar surface area (TPSA) is 12.4 Å². The van der Waals surface area contributed by atoms with Crippen LogP contribution in [0.25, 0.3) is 0 Å². The molecule has 2 aromatic carbocycles. The molecule has 0 unspecified atom stereocenters. The minimum atomic E-state index is 0.960. The van der Waals surface area contributed by atoms with Gasteiger partial charge in [0, 0.05) is 10.6 Å². The molecule has 1 heterocycles. The fraction of sp³-hybridized carbons (Fsp3) is 0.133. The Kier molecular flexibility index (Phi) is 2.73. The van der Waals surface area contributed by atoms with Crippen LogP contribution in [0.15, 0.2) is 58.4 Å². The van der Waals surface area contributed by atoms with Crippen LogP contribution in [0.3, 0.4) is 0 Å². The molecule has 3 rings (SSSR count). The third-order valence-electron chi connectivity index (χ3n) is 2.91. The van der Waals surface area contributed by atoms with Crippen LogP contribution in [-0.2, 0) is 0 Å². The highest BCUT2D eigenvalue weighted by Crippen LogP contribution is 2.37. The maximum atomic E-state index is 4.77. The summed E-state index contributed by atoms with van der Waals surface area (Å²) < 4.78 is 0. The fourth-order valence-electron chi connectivity index (χ4n) is 2.01. The predicted octanol–water partition coefficient (Wildman–Crippen LogP) is 4.22. The van der Waals surface area contributed by atoms with Crippen molar-refractivity contribution in [3.8, 4) is 0 Å². The van der Waals surface area contributed by atoms with Gasteiger partial charge in [0.15, 0.2) is 0 Å². The van der Waals surface area contributed by atoms with Gasteiger partial charge in [-0.25, -0.2) is 0 Å². The zero-order valence-corrected chi connectivity index (χ0v) is 10.5. The summed E-state index contributed by atoms with van der Waals surface area (Å²) in [6.45, 7) is 2.15. The molecule has 0 fully saturated rings. The maximum absolute atomic E-state index is 4.77. The third-order valence-corrected chi connectivity index (χ3v) is 4.14. The SMILES string of the molecule is Cc1cccc2c1SCC(c1ccccc1)=N2. The molecular formula is C15H13NS. The molecular weight excluding hydrogens is 226 g/mol. The Morgan fingerprint density at radius 3 is 2.65 bits per heavy atom. The van der Waals surface area contributed by atoms with Crippen LogP contribution >= 0.6 is 11.8 Å². The number of hydrogen-bond acceptors (Lipinski definition) is 2. The highest BCUT2D eigenvalue weighted by Gasteiger charge is 2.14. The van der Waals surface area contributed by atoms with Gasteiger partial charge in [-0.05, 0) is 24.1 Å². The van der Waals surface area contributed by atoms with Gasteiger partial charge in [0.05, 0.1) is 11.4 Å². The van der Waals surface area contributed by atoms with E-state index in [4.69, 9.17) is 4.99 Å². The van der Waals surface area contributed by atoms with Crippen LogP contribution in [0, 0.1) is 6.92 Å². The minimum Gasteiger partial charge on any atom is -0.251 e. The normalized spacial score (nSPS) is 14.1. The van der Waals surface area contributed by atoms with Gasteiger partial charge in [-0.15, -0.1) is 11.8 Å². The molecule has 1 aliphatic rings. The summed E-state index contributed by atoms with van der Waals surface area (Å²) in [5.74, 6) is 0.960. The van der Waals surface area contributed by atoms with Crippen molar-refractivity contribution in [3.05, 3.63) is 59.7 Å². The number of thioether (sulfide) groups is 1. The number of fused-ring (bicyclic) bond motifs is 1. The average molecular weight is 239 g/mol. The maximum Gasteiger partial charge on any atom is 0.0772 e. The molecule has 2 aromatic rings. The van der Waals surface area contributed by atoms with Crippen LogP contribution in [-0.4, -0.2) is 11.5 Å². The van der Waals surface area contributed by atoms with E-state index in [-0.39, 0.29) is 0 Å². The molecule has 0 saturated heterocycles. The fourth-order valence-corrected chi connectivity index (χ4v) is 3.08. The summed E-state index contributed by atoms with van der Waals surface area (Å²) in [6, 6.07) is 16.7. The summed E-state index contributed by atoms with van der Waals surface area (Å²) >= 11 is 1.89. The smallest absolute Gasteiger partial charge is 0.0772 e. The molecule has 0 aromatic heterocycles. The quantitative estimate of drug-likeness (QED) is 0.725. The van der Waals surface area contributed by atoms with Crippen molar-refractivity contribution in [2.75, 3.05) is 5.75 Å². The van der Waals surface area contributed by atoms with E-state index in [1.807, 2.05) is 17.8 Å². The van der Waals surface area contributed by atoms with E-state index in [1.165, 1.54) is 21.7 Å². The lowest BCUT2D eigenvalue weighted by atomic mass is 10.1. The molecule has 0 spiro atoms. The summed E-state index contributed by atoms with van der Waals surface area (Å²) in [6.07, 6.45) is 0. The van der Waals surface area contributed by atoms with E-state index in [0.29, 0.717) is 0 Å². The van der Waals surface area contributed by atoms with Gasteiger partial charge in [0.2, 0.25) is 0 Å². The van der Waals surface area contributed by atoms with Crippen molar-refractivity contribution in [3.63, 3.8) is 0 Å². The first-order valence-corrected chi connectivity index (χ1v) is 6.68. The molecule has 17 heavy (non-hydrogen) atoms. The van der Waals surface area contributed by atoms with Crippen molar-refractivity contribution in [1.82, 2.24) is 0 Å². The third kappa shape index (κ3) is 2.01. The number of nitrogens with zero attached hydrogens (tertiary/aromatic N) is 1. The number of rotatable bonds is 1. The molecule has 0 N–H and O–H groups in total. The standard InChI is InChI=1S/C15H13NS/c1-11-6-5-9-13-15(11)17-10-14(16-13)12-7-3-2-4-8-12/h2-9H,10H2,1H3. The van der Waals surface area contributed by atoms with Gasteiger partial charge in [-0.3, -0.25) is 4.99 Å². The van der Waals surface area contributed by atoms with Crippen molar-refractivity contribution >= 4 is 23.2 Å². The van der Waals surface area contributed by atoms with Gasteiger partial charge in [-0.1, -0.05) is 42.5 Å². The minimum absolute atomic E-state index is 0.960. The molecule has 84 valence electrons. The second-order valence-electron chi connectivity index (χ2n) is 4.14. The van der Waals surface area contributed by atoms with Crippen LogP contribution < -0.4 is 0 Å². The Hall–Kier alpha value is -1.54. The lowest BCUT2D eigenvalue weighted by Gasteiger charge is -2.16. The first-order valence-electron chi connectivity index (χ1n) is 5.70. The second-order valence-corrected chi connectivity index (χ2v) is 5.12. The summed E-state index contributed by atoms with van der Waals surface area (Å²) in [7, 11) is 0. The zero-order chi connectivity index (χ0) is 11.7. The highest BCUT2D eigenvalue weighted by molar-refractivity contribution is 8.00. The van der Waals surface area contributed by atoms with Crippen molar-refractivity contribution in [2.24, 2.45) is 4.99 Å². The summed E-state index contributed by atoms with van der Waals surface area (Å²) in [5.41, 5.74) is 4.84. The van der Waals surface area contributed by atoms with E-state index < -0.39 is 0 Å². The summed E-state index contributed by atoms with van der Waals surface area (Å²) in [5, 5.41) is 0. The van der Waals surface area contributed by atoms with Crippen LogP contribution in [0.5, 0.6) is 0 Å². The van der Waals surface area contributed by atoms with Crippen LogP contribution in [0.2, 0.25) is 0 Å². The Bertz CT molecular complexity index is 573. The molecule has 1 aliphatic heterocycles. The monoisotopic (exact) mass is 239 g/mol. The van der Waals surface area contributed by atoms with Gasteiger partial charge >= 0.3 is 0 Å². The molecule has 0 radical (unpaired) electrons. The first kappa shape index (κ1) is 10.6. The van der Waals surface area contributed by atoms with E-state index in [0.717, 1.165) is 11.4 Å². The Labute approximate surface area is 106 Å². The van der Waals surface area contributed by atoms with E-state index in [9.17, 15) is 0 Å². The molecule has 0 amide bonds. The molecule has 0 aliphatic carbocycles. The largest absolute Gasteiger partial charge is 0.251 e. The van der Waals surface area contributed by atoms with Gasteiger partial charge in [0.1, 0.15) is 0 Å².